The van der Waals surface area contributed by atoms with Crippen LogP contribution in [-0.2, 0) is 9.59 Å². The number of halogens is 1. The van der Waals surface area contributed by atoms with E-state index in [0.717, 1.165) is 5.75 Å². The molecule has 2 aromatic rings. The van der Waals surface area contributed by atoms with Gasteiger partial charge >= 0.3 is 0 Å². The summed E-state index contributed by atoms with van der Waals surface area (Å²) in [5.41, 5.74) is 1.28. The van der Waals surface area contributed by atoms with Gasteiger partial charge in [0, 0.05) is 31.3 Å². The maximum atomic E-state index is 12.2. The SMILES string of the molecule is CCOc1ccc(N(CCC(=O)Nc2ccc(OC)c(Cl)c2)C(C)=O)cc1. The minimum atomic E-state index is -0.214. The van der Waals surface area contributed by atoms with Crippen molar-refractivity contribution >= 4 is 34.8 Å². The third-order valence-electron chi connectivity index (χ3n) is 3.84. The molecule has 27 heavy (non-hydrogen) atoms. The third-order valence-corrected chi connectivity index (χ3v) is 4.13. The molecule has 7 heteroatoms. The summed E-state index contributed by atoms with van der Waals surface area (Å²) in [6, 6.07) is 12.2. The van der Waals surface area contributed by atoms with E-state index in [2.05, 4.69) is 5.32 Å². The Bertz CT molecular complexity index is 793. The topological polar surface area (TPSA) is 67.9 Å². The lowest BCUT2D eigenvalue weighted by atomic mass is 10.2. The fourth-order valence-electron chi connectivity index (χ4n) is 2.54. The molecule has 0 radical (unpaired) electrons. The van der Waals surface area contributed by atoms with Gasteiger partial charge in [-0.1, -0.05) is 11.6 Å². The fraction of sp³-hybridized carbons (Fsp3) is 0.300. The van der Waals surface area contributed by atoms with Crippen molar-refractivity contribution in [2.75, 3.05) is 30.5 Å². The average molecular weight is 391 g/mol. The lowest BCUT2D eigenvalue weighted by Gasteiger charge is -2.21. The number of benzene rings is 2. The molecule has 0 atom stereocenters. The maximum Gasteiger partial charge on any atom is 0.226 e. The summed E-state index contributed by atoms with van der Waals surface area (Å²) in [5, 5.41) is 3.18. The molecule has 0 spiro atoms. The highest BCUT2D eigenvalue weighted by atomic mass is 35.5. The predicted octanol–water partition coefficient (Wildman–Crippen LogP) is 4.13. The molecule has 144 valence electrons. The van der Waals surface area contributed by atoms with Crippen molar-refractivity contribution in [2.45, 2.75) is 20.3 Å². The van der Waals surface area contributed by atoms with Crippen LogP contribution in [0.3, 0.4) is 0 Å². The maximum absolute atomic E-state index is 12.2. The van der Waals surface area contributed by atoms with Crippen LogP contribution >= 0.6 is 11.6 Å². The van der Waals surface area contributed by atoms with Gasteiger partial charge in [0.2, 0.25) is 11.8 Å². The Hall–Kier alpha value is -2.73. The van der Waals surface area contributed by atoms with Gasteiger partial charge in [0.15, 0.2) is 0 Å². The van der Waals surface area contributed by atoms with Crippen LogP contribution in [0.5, 0.6) is 11.5 Å². The summed E-state index contributed by atoms with van der Waals surface area (Å²) in [4.78, 5) is 25.8. The molecule has 0 aliphatic rings. The number of rotatable bonds is 8. The average Bonchev–Trinajstić information content (AvgIpc) is 2.63. The molecule has 0 unspecified atom stereocenters. The number of anilines is 2. The standard InChI is InChI=1S/C20H23ClN2O4/c1-4-27-17-8-6-16(7-9-17)23(14(2)24)12-11-20(25)22-15-5-10-19(26-3)18(21)13-15/h5-10,13H,4,11-12H2,1-3H3,(H,22,25). The van der Waals surface area contributed by atoms with Gasteiger partial charge in [-0.05, 0) is 49.4 Å². The number of ether oxygens (including phenoxy) is 2. The van der Waals surface area contributed by atoms with Crippen LogP contribution in [0.25, 0.3) is 0 Å². The van der Waals surface area contributed by atoms with Gasteiger partial charge in [0.05, 0.1) is 18.7 Å². The van der Waals surface area contributed by atoms with E-state index in [4.69, 9.17) is 21.1 Å². The first kappa shape index (κ1) is 20.6. The van der Waals surface area contributed by atoms with Crippen LogP contribution in [0.4, 0.5) is 11.4 Å². The molecular weight excluding hydrogens is 368 g/mol. The molecule has 0 aromatic heterocycles. The van der Waals surface area contributed by atoms with Crippen LogP contribution in [0.1, 0.15) is 20.3 Å². The molecule has 1 N–H and O–H groups in total. The van der Waals surface area contributed by atoms with Crippen molar-refractivity contribution in [3.05, 3.63) is 47.5 Å². The van der Waals surface area contributed by atoms with E-state index in [9.17, 15) is 9.59 Å². The number of carbonyl (C=O) groups is 2. The number of nitrogens with zero attached hydrogens (tertiary/aromatic N) is 1. The second kappa shape index (κ2) is 9.83. The summed E-state index contributed by atoms with van der Waals surface area (Å²) in [6.07, 6.45) is 0.149. The summed E-state index contributed by atoms with van der Waals surface area (Å²) >= 11 is 6.06. The second-order valence-electron chi connectivity index (χ2n) is 5.75. The van der Waals surface area contributed by atoms with Crippen molar-refractivity contribution in [3.8, 4) is 11.5 Å². The van der Waals surface area contributed by atoms with E-state index in [1.807, 2.05) is 6.92 Å². The Balaban J connectivity index is 1.97. The van der Waals surface area contributed by atoms with Crippen molar-refractivity contribution in [3.63, 3.8) is 0 Å². The van der Waals surface area contributed by atoms with Gasteiger partial charge in [-0.15, -0.1) is 0 Å². The van der Waals surface area contributed by atoms with Gasteiger partial charge in [0.1, 0.15) is 11.5 Å². The zero-order valence-corrected chi connectivity index (χ0v) is 16.4. The first-order chi connectivity index (χ1) is 12.9. The summed E-state index contributed by atoms with van der Waals surface area (Å²) in [5.74, 6) is 0.916. The highest BCUT2D eigenvalue weighted by Gasteiger charge is 2.14. The van der Waals surface area contributed by atoms with Crippen LogP contribution in [0.15, 0.2) is 42.5 Å². The Morgan fingerprint density at radius 1 is 1.15 bits per heavy atom. The zero-order chi connectivity index (χ0) is 19.8. The minimum Gasteiger partial charge on any atom is -0.495 e. The molecule has 2 aromatic carbocycles. The zero-order valence-electron chi connectivity index (χ0n) is 15.6. The molecule has 0 heterocycles. The van der Waals surface area contributed by atoms with E-state index in [0.29, 0.717) is 28.8 Å². The van der Waals surface area contributed by atoms with Crippen molar-refractivity contribution in [2.24, 2.45) is 0 Å². The van der Waals surface area contributed by atoms with Crippen LogP contribution < -0.4 is 19.7 Å². The third kappa shape index (κ3) is 5.89. The van der Waals surface area contributed by atoms with Gasteiger partial charge in [-0.2, -0.15) is 0 Å². The van der Waals surface area contributed by atoms with E-state index >= 15 is 0 Å². The number of carbonyl (C=O) groups excluding carboxylic acids is 2. The molecule has 0 aliphatic heterocycles. The molecule has 0 saturated carbocycles. The summed E-state index contributed by atoms with van der Waals surface area (Å²) in [7, 11) is 1.52. The molecule has 0 fully saturated rings. The Kier molecular flexibility index (Phi) is 7.49. The summed E-state index contributed by atoms with van der Waals surface area (Å²) < 4.78 is 10.5. The number of hydrogen-bond donors (Lipinski definition) is 1. The highest BCUT2D eigenvalue weighted by molar-refractivity contribution is 6.32. The van der Waals surface area contributed by atoms with E-state index < -0.39 is 0 Å². The smallest absolute Gasteiger partial charge is 0.226 e. The molecule has 0 bridgehead atoms. The van der Waals surface area contributed by atoms with Gasteiger partial charge in [-0.25, -0.2) is 0 Å². The Labute approximate surface area is 164 Å². The normalized spacial score (nSPS) is 10.2. The monoisotopic (exact) mass is 390 g/mol. The van der Waals surface area contributed by atoms with Crippen LogP contribution in [-0.4, -0.2) is 32.1 Å². The Morgan fingerprint density at radius 2 is 1.85 bits per heavy atom. The molecule has 0 aliphatic carbocycles. The molecular formula is C20H23ClN2O4. The number of amides is 2. The molecule has 2 amide bonds. The molecule has 0 saturated heterocycles. The highest BCUT2D eigenvalue weighted by Crippen LogP contribution is 2.27. The van der Waals surface area contributed by atoms with Gasteiger partial charge in [-0.3, -0.25) is 9.59 Å². The van der Waals surface area contributed by atoms with Crippen LogP contribution in [0, 0.1) is 0 Å². The second-order valence-corrected chi connectivity index (χ2v) is 6.15. The lowest BCUT2D eigenvalue weighted by molar-refractivity contribution is -0.117. The first-order valence-corrected chi connectivity index (χ1v) is 8.96. The molecule has 2 rings (SSSR count). The number of hydrogen-bond acceptors (Lipinski definition) is 4. The first-order valence-electron chi connectivity index (χ1n) is 8.59. The van der Waals surface area contributed by atoms with Crippen molar-refractivity contribution in [1.82, 2.24) is 0 Å². The van der Waals surface area contributed by atoms with Gasteiger partial charge < -0.3 is 19.7 Å². The minimum absolute atomic E-state index is 0.139. The Morgan fingerprint density at radius 3 is 2.41 bits per heavy atom. The van der Waals surface area contributed by atoms with E-state index in [1.165, 1.54) is 14.0 Å². The van der Waals surface area contributed by atoms with Crippen molar-refractivity contribution < 1.29 is 19.1 Å². The lowest BCUT2D eigenvalue weighted by Crippen LogP contribution is -2.31. The van der Waals surface area contributed by atoms with E-state index in [-0.39, 0.29) is 24.8 Å². The largest absolute Gasteiger partial charge is 0.495 e. The quantitative estimate of drug-likeness (QED) is 0.735. The van der Waals surface area contributed by atoms with Crippen LogP contribution in [0.2, 0.25) is 5.02 Å². The number of nitrogens with one attached hydrogen (secondary N) is 1. The summed E-state index contributed by atoms with van der Waals surface area (Å²) in [6.45, 7) is 4.21. The van der Waals surface area contributed by atoms with E-state index in [1.54, 1.807) is 47.4 Å². The van der Waals surface area contributed by atoms with Gasteiger partial charge in [0.25, 0.3) is 0 Å². The molecule has 6 nitrogen and oxygen atoms in total. The fourth-order valence-corrected chi connectivity index (χ4v) is 2.80. The number of methoxy groups -OCH3 is 1. The van der Waals surface area contributed by atoms with Crippen molar-refractivity contribution in [1.29, 1.82) is 0 Å². The predicted molar refractivity (Wildman–Crippen MR) is 107 cm³/mol.